The first-order valence-electron chi connectivity index (χ1n) is 4.47. The Balaban J connectivity index is 2.69. The number of rotatable bonds is 8. The van der Waals surface area contributed by atoms with Crippen LogP contribution in [-0.4, -0.2) is 13.2 Å². The molecular weight excluding hydrogens is 140 g/mol. The summed E-state index contributed by atoms with van der Waals surface area (Å²) in [6.45, 7) is 5.45. The summed E-state index contributed by atoms with van der Waals surface area (Å²) in [7, 11) is 0. The van der Waals surface area contributed by atoms with Crippen molar-refractivity contribution in [3.8, 4) is 0 Å². The fraction of sp³-hybridized carbons (Fsp3) is 0.889. The van der Waals surface area contributed by atoms with Crippen LogP contribution in [0.25, 0.3) is 0 Å². The Labute approximate surface area is 69.8 Å². The first-order chi connectivity index (χ1) is 5.41. The van der Waals surface area contributed by atoms with E-state index in [2.05, 4.69) is 13.3 Å². The van der Waals surface area contributed by atoms with Crippen LogP contribution in [-0.2, 0) is 9.78 Å². The van der Waals surface area contributed by atoms with Crippen molar-refractivity contribution in [1.82, 2.24) is 0 Å². The molecule has 0 bridgehead atoms. The van der Waals surface area contributed by atoms with Crippen molar-refractivity contribution in [3.05, 3.63) is 6.42 Å². The first-order valence-corrected chi connectivity index (χ1v) is 4.47. The van der Waals surface area contributed by atoms with E-state index in [4.69, 9.17) is 9.78 Å². The van der Waals surface area contributed by atoms with E-state index in [-0.39, 0.29) is 0 Å². The molecule has 2 nitrogen and oxygen atoms in total. The standard InChI is InChI=1S/C9H19O2/c1-3-5-6-7-8-9-11-10-4-2/h5H,3-4,6-9H2,1-2H3. The lowest BCUT2D eigenvalue weighted by Crippen LogP contribution is -1.95. The minimum Gasteiger partial charge on any atom is -0.237 e. The van der Waals surface area contributed by atoms with Gasteiger partial charge in [0.2, 0.25) is 0 Å². The molecule has 1 radical (unpaired) electrons. The smallest absolute Gasteiger partial charge is 0.0822 e. The second-order valence-electron chi connectivity index (χ2n) is 2.42. The zero-order valence-electron chi connectivity index (χ0n) is 7.64. The maximum atomic E-state index is 4.85. The van der Waals surface area contributed by atoms with Crippen molar-refractivity contribution in [2.45, 2.75) is 39.5 Å². The topological polar surface area (TPSA) is 18.5 Å². The van der Waals surface area contributed by atoms with Gasteiger partial charge in [-0.1, -0.05) is 26.2 Å². The van der Waals surface area contributed by atoms with Crippen molar-refractivity contribution in [3.63, 3.8) is 0 Å². The summed E-state index contributed by atoms with van der Waals surface area (Å²) in [5.41, 5.74) is 0. The molecule has 0 aliphatic heterocycles. The zero-order chi connectivity index (χ0) is 8.36. The van der Waals surface area contributed by atoms with Crippen LogP contribution in [0.5, 0.6) is 0 Å². The van der Waals surface area contributed by atoms with Crippen molar-refractivity contribution in [2.75, 3.05) is 13.2 Å². The molecule has 2 heteroatoms. The van der Waals surface area contributed by atoms with E-state index in [1.165, 1.54) is 19.3 Å². The Morgan fingerprint density at radius 1 is 1.09 bits per heavy atom. The van der Waals surface area contributed by atoms with Crippen LogP contribution in [0.3, 0.4) is 0 Å². The van der Waals surface area contributed by atoms with Gasteiger partial charge in [0.1, 0.15) is 0 Å². The molecule has 0 saturated carbocycles. The lowest BCUT2D eigenvalue weighted by atomic mass is 10.2. The van der Waals surface area contributed by atoms with Gasteiger partial charge in [0, 0.05) is 0 Å². The van der Waals surface area contributed by atoms with E-state index < -0.39 is 0 Å². The summed E-state index contributed by atoms with van der Waals surface area (Å²) >= 11 is 0. The molecule has 0 amide bonds. The van der Waals surface area contributed by atoms with Gasteiger partial charge in [0.25, 0.3) is 0 Å². The molecule has 0 N–H and O–H groups in total. The predicted molar refractivity (Wildman–Crippen MR) is 46.0 cm³/mol. The van der Waals surface area contributed by atoms with Gasteiger partial charge in [0.05, 0.1) is 13.2 Å². The van der Waals surface area contributed by atoms with Gasteiger partial charge in [-0.2, -0.15) is 0 Å². The van der Waals surface area contributed by atoms with Crippen LogP contribution in [0, 0.1) is 6.42 Å². The highest BCUT2D eigenvalue weighted by molar-refractivity contribution is 4.60. The van der Waals surface area contributed by atoms with Crippen molar-refractivity contribution < 1.29 is 9.78 Å². The molecule has 67 valence electrons. The second kappa shape index (κ2) is 9.92. The van der Waals surface area contributed by atoms with Crippen LogP contribution in [0.4, 0.5) is 0 Å². The molecule has 0 aromatic heterocycles. The summed E-state index contributed by atoms with van der Waals surface area (Å²) in [6, 6.07) is 0. The summed E-state index contributed by atoms with van der Waals surface area (Å²) in [5.74, 6) is 0. The molecule has 0 spiro atoms. The SMILES string of the molecule is CC[CH]CCCCOOCC. The van der Waals surface area contributed by atoms with Gasteiger partial charge in [-0.15, -0.1) is 0 Å². The largest absolute Gasteiger partial charge is 0.237 e. The maximum absolute atomic E-state index is 4.85. The monoisotopic (exact) mass is 159 g/mol. The molecule has 0 fully saturated rings. The van der Waals surface area contributed by atoms with Crippen LogP contribution in [0.1, 0.15) is 39.5 Å². The molecule has 0 aliphatic rings. The first kappa shape index (κ1) is 10.9. The molecule has 0 aromatic carbocycles. The molecule has 11 heavy (non-hydrogen) atoms. The quantitative estimate of drug-likeness (QED) is 0.308. The zero-order valence-corrected chi connectivity index (χ0v) is 7.64. The molecule has 0 atom stereocenters. The Bertz CT molecular complexity index is 56.6. The number of unbranched alkanes of at least 4 members (excludes halogenated alkanes) is 4. The number of hydrogen-bond donors (Lipinski definition) is 0. The third kappa shape index (κ3) is 9.92. The predicted octanol–water partition coefficient (Wildman–Crippen LogP) is 2.74. The molecule has 0 saturated heterocycles. The number of hydrogen-bond acceptors (Lipinski definition) is 2. The average molecular weight is 159 g/mol. The van der Waals surface area contributed by atoms with E-state index in [9.17, 15) is 0 Å². The minimum absolute atomic E-state index is 0.640. The van der Waals surface area contributed by atoms with Crippen molar-refractivity contribution in [2.24, 2.45) is 0 Å². The molecule has 0 unspecified atom stereocenters. The average Bonchev–Trinajstić information content (AvgIpc) is 2.03. The van der Waals surface area contributed by atoms with Gasteiger partial charge < -0.3 is 0 Å². The van der Waals surface area contributed by atoms with Gasteiger partial charge in [-0.25, -0.2) is 9.78 Å². The van der Waals surface area contributed by atoms with Gasteiger partial charge in [-0.3, -0.25) is 0 Å². The third-order valence-electron chi connectivity index (χ3n) is 1.38. The highest BCUT2D eigenvalue weighted by Crippen LogP contribution is 2.00. The van der Waals surface area contributed by atoms with Gasteiger partial charge in [0.15, 0.2) is 0 Å². The highest BCUT2D eigenvalue weighted by Gasteiger charge is 1.89. The lowest BCUT2D eigenvalue weighted by Gasteiger charge is -2.00. The Morgan fingerprint density at radius 2 is 1.91 bits per heavy atom. The Kier molecular flexibility index (Phi) is 9.85. The summed E-state index contributed by atoms with van der Waals surface area (Å²) in [6.07, 6.45) is 6.97. The van der Waals surface area contributed by atoms with E-state index >= 15 is 0 Å². The Morgan fingerprint density at radius 3 is 2.55 bits per heavy atom. The van der Waals surface area contributed by atoms with Crippen LogP contribution < -0.4 is 0 Å². The van der Waals surface area contributed by atoms with Crippen molar-refractivity contribution >= 4 is 0 Å². The minimum atomic E-state index is 0.640. The third-order valence-corrected chi connectivity index (χ3v) is 1.38. The van der Waals surface area contributed by atoms with Crippen molar-refractivity contribution in [1.29, 1.82) is 0 Å². The van der Waals surface area contributed by atoms with Crippen LogP contribution >= 0.6 is 0 Å². The van der Waals surface area contributed by atoms with E-state index in [1.54, 1.807) is 0 Å². The normalized spacial score (nSPS) is 10.4. The fourth-order valence-corrected chi connectivity index (χ4v) is 0.796. The van der Waals surface area contributed by atoms with Crippen LogP contribution in [0.2, 0.25) is 0 Å². The highest BCUT2D eigenvalue weighted by atomic mass is 17.2. The van der Waals surface area contributed by atoms with E-state index in [0.717, 1.165) is 13.0 Å². The summed E-state index contributed by atoms with van der Waals surface area (Å²) in [4.78, 5) is 9.58. The Hall–Kier alpha value is -0.0800. The van der Waals surface area contributed by atoms with Gasteiger partial charge >= 0.3 is 0 Å². The summed E-state index contributed by atoms with van der Waals surface area (Å²) < 4.78 is 0. The van der Waals surface area contributed by atoms with Crippen LogP contribution in [0.15, 0.2) is 0 Å². The van der Waals surface area contributed by atoms with Gasteiger partial charge in [-0.05, 0) is 19.8 Å². The molecule has 0 aliphatic carbocycles. The molecular formula is C9H19O2. The molecule has 0 aromatic rings. The second-order valence-corrected chi connectivity index (χ2v) is 2.42. The molecule has 0 rings (SSSR count). The van der Waals surface area contributed by atoms with E-state index in [0.29, 0.717) is 6.61 Å². The lowest BCUT2D eigenvalue weighted by molar-refractivity contribution is -0.291. The molecule has 0 heterocycles. The van der Waals surface area contributed by atoms with E-state index in [1.807, 2.05) is 6.92 Å². The summed E-state index contributed by atoms with van der Waals surface area (Å²) in [5, 5.41) is 0. The maximum Gasteiger partial charge on any atom is 0.0822 e. The fourth-order valence-electron chi connectivity index (χ4n) is 0.796.